The lowest BCUT2D eigenvalue weighted by Gasteiger charge is -2.14. The van der Waals surface area contributed by atoms with E-state index in [9.17, 15) is 4.79 Å². The van der Waals surface area contributed by atoms with Crippen LogP contribution in [-0.4, -0.2) is 25.7 Å². The fourth-order valence-electron chi connectivity index (χ4n) is 3.89. The summed E-state index contributed by atoms with van der Waals surface area (Å²) in [6.07, 6.45) is 5.58. The molecule has 0 saturated heterocycles. The van der Waals surface area contributed by atoms with Gasteiger partial charge in [0.05, 0.1) is 17.1 Å². The zero-order chi connectivity index (χ0) is 23.1. The number of hydrogen-bond donors (Lipinski definition) is 1. The lowest BCUT2D eigenvalue weighted by Crippen LogP contribution is -2.14. The molecule has 5 rings (SSSR count). The normalized spacial score (nSPS) is 13.5. The number of nitrogens with one attached hydrogen (secondary N) is 1. The molecule has 0 atom stereocenters. The Morgan fingerprint density at radius 3 is 2.76 bits per heavy atom. The molecule has 3 aromatic heterocycles. The molecule has 1 aliphatic carbocycles. The Hall–Kier alpha value is -3.74. The first-order valence-electron chi connectivity index (χ1n) is 11.3. The van der Waals surface area contributed by atoms with Gasteiger partial charge in [-0.05, 0) is 75.9 Å². The molecule has 1 N–H and O–H groups in total. The second kappa shape index (κ2) is 8.31. The number of ether oxygens (including phenoxy) is 1. The summed E-state index contributed by atoms with van der Waals surface area (Å²) >= 11 is 0. The van der Waals surface area contributed by atoms with Crippen LogP contribution in [0.4, 0.5) is 5.69 Å². The smallest absolute Gasteiger partial charge is 0.256 e. The highest BCUT2D eigenvalue weighted by atomic mass is 16.5. The number of aromatic nitrogens is 4. The molecule has 0 unspecified atom stereocenters. The van der Waals surface area contributed by atoms with Gasteiger partial charge in [-0.25, -0.2) is 14.6 Å². The maximum Gasteiger partial charge on any atom is 0.256 e. The molecule has 1 aliphatic rings. The first kappa shape index (κ1) is 21.1. The quantitative estimate of drug-likeness (QED) is 0.400. The summed E-state index contributed by atoms with van der Waals surface area (Å²) in [7, 11) is 0. The van der Waals surface area contributed by atoms with E-state index in [1.54, 1.807) is 24.5 Å². The fourth-order valence-corrected chi connectivity index (χ4v) is 3.89. The maximum atomic E-state index is 13.5. The summed E-state index contributed by atoms with van der Waals surface area (Å²) in [6, 6.07) is 11.5. The van der Waals surface area contributed by atoms with Gasteiger partial charge in [0.2, 0.25) is 5.88 Å². The van der Waals surface area contributed by atoms with Crippen molar-refractivity contribution in [2.45, 2.75) is 52.5 Å². The van der Waals surface area contributed by atoms with Crippen LogP contribution < -0.4 is 10.1 Å². The van der Waals surface area contributed by atoms with E-state index in [-0.39, 0.29) is 11.9 Å². The molecule has 0 aliphatic heterocycles. The van der Waals surface area contributed by atoms with Gasteiger partial charge < -0.3 is 10.1 Å². The summed E-state index contributed by atoms with van der Waals surface area (Å²) in [5, 5.41) is 8.24. The summed E-state index contributed by atoms with van der Waals surface area (Å²) < 4.78 is 7.97. The van der Waals surface area contributed by atoms with Crippen molar-refractivity contribution in [3.63, 3.8) is 0 Å². The molecule has 1 saturated carbocycles. The molecule has 1 aromatic carbocycles. The van der Waals surface area contributed by atoms with Crippen molar-refractivity contribution in [1.82, 2.24) is 19.7 Å². The summed E-state index contributed by atoms with van der Waals surface area (Å²) in [6.45, 7) is 8.16. The van der Waals surface area contributed by atoms with Crippen molar-refractivity contribution in [3.05, 3.63) is 71.2 Å². The molecule has 0 radical (unpaired) electrons. The van der Waals surface area contributed by atoms with Crippen LogP contribution in [0.25, 0.3) is 11.0 Å². The van der Waals surface area contributed by atoms with Gasteiger partial charge in [0.1, 0.15) is 11.4 Å². The standard InChI is InChI=1S/C26H27N5O2/c1-15(2)31-24-20(14-28-31)19(13-22(29-24)18-10-11-18)25(32)30-21-8-6-12-27-26(21)33-23-9-5-7-16(3)17(23)4/h5-9,12-15,18H,10-11H2,1-4H3,(H,30,32). The third-order valence-corrected chi connectivity index (χ3v) is 6.10. The van der Waals surface area contributed by atoms with E-state index in [2.05, 4.69) is 29.2 Å². The Labute approximate surface area is 192 Å². The number of carbonyl (C=O) groups is 1. The van der Waals surface area contributed by atoms with E-state index in [4.69, 9.17) is 9.72 Å². The van der Waals surface area contributed by atoms with Crippen LogP contribution in [0.15, 0.2) is 48.8 Å². The van der Waals surface area contributed by atoms with Gasteiger partial charge in [-0.3, -0.25) is 4.79 Å². The second-order valence-electron chi connectivity index (χ2n) is 8.90. The number of aryl methyl sites for hydroxylation is 1. The number of amides is 1. The number of nitrogens with zero attached hydrogens (tertiary/aromatic N) is 4. The Kier molecular flexibility index (Phi) is 5.32. The van der Waals surface area contributed by atoms with Crippen LogP contribution in [0.2, 0.25) is 0 Å². The number of hydrogen-bond acceptors (Lipinski definition) is 5. The zero-order valence-electron chi connectivity index (χ0n) is 19.3. The Morgan fingerprint density at radius 1 is 1.18 bits per heavy atom. The minimum atomic E-state index is -0.230. The van der Waals surface area contributed by atoms with Crippen LogP contribution in [0.3, 0.4) is 0 Å². The Morgan fingerprint density at radius 2 is 2.00 bits per heavy atom. The molecule has 33 heavy (non-hydrogen) atoms. The van der Waals surface area contributed by atoms with Crippen LogP contribution in [0.1, 0.15) is 65.8 Å². The van der Waals surface area contributed by atoms with Crippen molar-refractivity contribution in [1.29, 1.82) is 0 Å². The van der Waals surface area contributed by atoms with E-state index in [0.717, 1.165) is 40.7 Å². The highest BCUT2D eigenvalue weighted by molar-refractivity contribution is 6.12. The third kappa shape index (κ3) is 4.06. The predicted octanol–water partition coefficient (Wildman–Crippen LogP) is 5.95. The van der Waals surface area contributed by atoms with Crippen LogP contribution in [-0.2, 0) is 0 Å². The molecule has 7 heteroatoms. The monoisotopic (exact) mass is 441 g/mol. The van der Waals surface area contributed by atoms with Gasteiger partial charge in [0, 0.05) is 23.9 Å². The number of carbonyl (C=O) groups excluding carboxylic acids is 1. The minimum absolute atomic E-state index is 0.149. The molecular weight excluding hydrogens is 414 g/mol. The first-order chi connectivity index (χ1) is 15.9. The van der Waals surface area contributed by atoms with E-state index in [0.29, 0.717) is 28.8 Å². The van der Waals surface area contributed by atoms with Gasteiger partial charge >= 0.3 is 0 Å². The van der Waals surface area contributed by atoms with E-state index in [1.807, 2.05) is 42.8 Å². The van der Waals surface area contributed by atoms with Crippen molar-refractivity contribution < 1.29 is 9.53 Å². The third-order valence-electron chi connectivity index (χ3n) is 6.10. The van der Waals surface area contributed by atoms with Gasteiger partial charge in [-0.15, -0.1) is 0 Å². The molecule has 1 fully saturated rings. The number of benzene rings is 1. The predicted molar refractivity (Wildman–Crippen MR) is 128 cm³/mol. The van der Waals surface area contributed by atoms with E-state index < -0.39 is 0 Å². The molecule has 3 heterocycles. The molecule has 168 valence electrons. The van der Waals surface area contributed by atoms with Gasteiger partial charge in [0.25, 0.3) is 5.91 Å². The summed E-state index contributed by atoms with van der Waals surface area (Å²) in [5.41, 5.74) is 4.94. The summed E-state index contributed by atoms with van der Waals surface area (Å²) in [5.74, 6) is 1.25. The highest BCUT2D eigenvalue weighted by Gasteiger charge is 2.28. The van der Waals surface area contributed by atoms with Crippen LogP contribution >= 0.6 is 0 Å². The SMILES string of the molecule is Cc1cccc(Oc2ncccc2NC(=O)c2cc(C3CC3)nc3c2cnn3C(C)C)c1C. The Bertz CT molecular complexity index is 1350. The number of fused-ring (bicyclic) bond motifs is 1. The lowest BCUT2D eigenvalue weighted by atomic mass is 10.1. The Balaban J connectivity index is 1.50. The molecule has 0 bridgehead atoms. The lowest BCUT2D eigenvalue weighted by molar-refractivity contribution is 0.102. The van der Waals surface area contributed by atoms with Gasteiger partial charge in [-0.2, -0.15) is 5.10 Å². The molecular formula is C26H27N5O2. The molecule has 4 aromatic rings. The second-order valence-corrected chi connectivity index (χ2v) is 8.90. The number of pyridine rings is 2. The summed E-state index contributed by atoms with van der Waals surface area (Å²) in [4.78, 5) is 22.7. The first-order valence-corrected chi connectivity index (χ1v) is 11.3. The fraction of sp³-hybridized carbons (Fsp3) is 0.308. The van der Waals surface area contributed by atoms with Crippen molar-refractivity contribution in [2.75, 3.05) is 5.32 Å². The number of rotatable bonds is 6. The van der Waals surface area contributed by atoms with E-state index in [1.165, 1.54) is 0 Å². The minimum Gasteiger partial charge on any atom is -0.437 e. The largest absolute Gasteiger partial charge is 0.437 e. The van der Waals surface area contributed by atoms with Crippen LogP contribution in [0.5, 0.6) is 11.6 Å². The van der Waals surface area contributed by atoms with Crippen molar-refractivity contribution >= 4 is 22.6 Å². The van der Waals surface area contributed by atoms with Crippen LogP contribution in [0, 0.1) is 13.8 Å². The van der Waals surface area contributed by atoms with E-state index >= 15 is 0 Å². The van der Waals surface area contributed by atoms with Gasteiger partial charge in [-0.1, -0.05) is 12.1 Å². The molecule has 1 amide bonds. The van der Waals surface area contributed by atoms with Crippen molar-refractivity contribution in [3.8, 4) is 11.6 Å². The topological polar surface area (TPSA) is 81.9 Å². The van der Waals surface area contributed by atoms with Crippen molar-refractivity contribution in [2.24, 2.45) is 0 Å². The zero-order valence-corrected chi connectivity index (χ0v) is 19.3. The number of anilines is 1. The highest BCUT2D eigenvalue weighted by Crippen LogP contribution is 2.40. The average molecular weight is 442 g/mol. The maximum absolute atomic E-state index is 13.5. The molecule has 7 nitrogen and oxygen atoms in total. The molecule has 0 spiro atoms. The van der Waals surface area contributed by atoms with Gasteiger partial charge in [0.15, 0.2) is 5.65 Å². The average Bonchev–Trinajstić information content (AvgIpc) is 3.56.